The minimum absolute atomic E-state index is 0.00463. The molecule has 0 radical (unpaired) electrons. The van der Waals surface area contributed by atoms with E-state index in [1.54, 1.807) is 20.8 Å². The summed E-state index contributed by atoms with van der Waals surface area (Å²) in [6, 6.07) is 16.9. The van der Waals surface area contributed by atoms with Crippen molar-refractivity contribution in [3.05, 3.63) is 65.7 Å². The van der Waals surface area contributed by atoms with E-state index in [-0.39, 0.29) is 5.88 Å². The van der Waals surface area contributed by atoms with Crippen molar-refractivity contribution in [2.45, 2.75) is 51.5 Å². The van der Waals surface area contributed by atoms with Crippen molar-refractivity contribution >= 4 is 17.7 Å². The van der Waals surface area contributed by atoms with Crippen LogP contribution < -0.4 is 10.1 Å². The van der Waals surface area contributed by atoms with Gasteiger partial charge >= 0.3 is 6.09 Å². The molecule has 0 fully saturated rings. The Balaban J connectivity index is 2.02. The fourth-order valence-corrected chi connectivity index (χ4v) is 2.82. The summed E-state index contributed by atoms with van der Waals surface area (Å²) >= 11 is 5.81. The summed E-state index contributed by atoms with van der Waals surface area (Å²) in [5, 5.41) is 12.9. The number of amides is 1. The van der Waals surface area contributed by atoms with Crippen LogP contribution in [0.2, 0.25) is 0 Å². The third-order valence-corrected chi connectivity index (χ3v) is 4.24. The van der Waals surface area contributed by atoms with Crippen molar-refractivity contribution in [1.29, 1.82) is 0 Å². The van der Waals surface area contributed by atoms with Gasteiger partial charge in [-0.2, -0.15) is 0 Å². The minimum Gasteiger partial charge on any atom is -0.489 e. The number of nitrogens with one attached hydrogen (secondary N) is 1. The lowest BCUT2D eigenvalue weighted by Gasteiger charge is -2.26. The molecule has 1 amide bonds. The van der Waals surface area contributed by atoms with E-state index in [4.69, 9.17) is 21.1 Å². The average molecular weight is 406 g/mol. The molecule has 0 bridgehead atoms. The van der Waals surface area contributed by atoms with Crippen LogP contribution in [-0.2, 0) is 17.8 Å². The van der Waals surface area contributed by atoms with Gasteiger partial charge < -0.3 is 19.9 Å². The number of aliphatic hydroxyl groups excluding tert-OH is 1. The van der Waals surface area contributed by atoms with Gasteiger partial charge in [0.25, 0.3) is 0 Å². The molecule has 6 heteroatoms. The Hall–Kier alpha value is -2.24. The molecule has 2 N–H and O–H groups in total. The Kier molecular flexibility index (Phi) is 8.15. The van der Waals surface area contributed by atoms with Crippen LogP contribution in [0.1, 0.15) is 31.9 Å². The number of halogens is 1. The van der Waals surface area contributed by atoms with Gasteiger partial charge in [-0.05, 0) is 50.5 Å². The molecule has 0 aliphatic heterocycles. The number of rotatable bonds is 8. The van der Waals surface area contributed by atoms with Gasteiger partial charge in [-0.25, -0.2) is 4.79 Å². The van der Waals surface area contributed by atoms with E-state index >= 15 is 0 Å². The van der Waals surface area contributed by atoms with Crippen LogP contribution in [0.4, 0.5) is 4.79 Å². The van der Waals surface area contributed by atoms with Gasteiger partial charge in [0.2, 0.25) is 0 Å². The Labute approximate surface area is 171 Å². The van der Waals surface area contributed by atoms with Gasteiger partial charge in [-0.15, -0.1) is 11.6 Å². The van der Waals surface area contributed by atoms with E-state index in [1.807, 2.05) is 54.6 Å². The molecule has 0 aliphatic rings. The van der Waals surface area contributed by atoms with Gasteiger partial charge in [0, 0.05) is 0 Å². The third-order valence-electron chi connectivity index (χ3n) is 3.93. The molecule has 0 saturated carbocycles. The van der Waals surface area contributed by atoms with Crippen LogP contribution >= 0.6 is 11.6 Å². The largest absolute Gasteiger partial charge is 0.489 e. The molecule has 0 aromatic heterocycles. The van der Waals surface area contributed by atoms with E-state index in [2.05, 4.69) is 5.32 Å². The Morgan fingerprint density at radius 3 is 2.43 bits per heavy atom. The smallest absolute Gasteiger partial charge is 0.407 e. The van der Waals surface area contributed by atoms with Gasteiger partial charge in [0.15, 0.2) is 0 Å². The fraction of sp³-hybridized carbons (Fsp3) is 0.409. The molecule has 0 spiro atoms. The number of carbonyl (C=O) groups excluding carboxylic acids is 1. The molecule has 0 aliphatic carbocycles. The highest BCUT2D eigenvalue weighted by Crippen LogP contribution is 2.18. The molecule has 2 atom stereocenters. The molecule has 2 rings (SSSR count). The lowest BCUT2D eigenvalue weighted by molar-refractivity contribution is 0.0440. The van der Waals surface area contributed by atoms with Crippen molar-refractivity contribution in [3.8, 4) is 5.75 Å². The average Bonchev–Trinajstić information content (AvgIpc) is 2.65. The molecular formula is C22H28ClNO4. The molecule has 152 valence electrons. The molecule has 28 heavy (non-hydrogen) atoms. The van der Waals surface area contributed by atoms with Crippen LogP contribution in [0.3, 0.4) is 0 Å². The van der Waals surface area contributed by atoms with Crippen LogP contribution in [0.25, 0.3) is 0 Å². The second-order valence-electron chi connectivity index (χ2n) is 7.60. The number of alkyl carbamates (subject to hydrolysis) is 1. The van der Waals surface area contributed by atoms with Crippen molar-refractivity contribution in [3.63, 3.8) is 0 Å². The van der Waals surface area contributed by atoms with Gasteiger partial charge in [0.1, 0.15) is 18.0 Å². The molecule has 2 aromatic carbocycles. The number of hydrogen-bond donors (Lipinski definition) is 2. The van der Waals surface area contributed by atoms with Gasteiger partial charge in [-0.1, -0.05) is 42.5 Å². The SMILES string of the molecule is CC(C)(C)OC(=O)N[C@@H](Cc1cccc(OCc2ccccc2)c1)[C@H](O)CCl. The Morgan fingerprint density at radius 1 is 1.11 bits per heavy atom. The predicted octanol–water partition coefficient (Wildman–Crippen LogP) is 4.30. The monoisotopic (exact) mass is 405 g/mol. The first-order chi connectivity index (χ1) is 13.3. The molecule has 0 saturated heterocycles. The summed E-state index contributed by atoms with van der Waals surface area (Å²) in [6.45, 7) is 5.82. The van der Waals surface area contributed by atoms with E-state index < -0.39 is 23.8 Å². The number of hydrogen-bond acceptors (Lipinski definition) is 4. The number of aliphatic hydroxyl groups is 1. The van der Waals surface area contributed by atoms with E-state index in [0.717, 1.165) is 16.9 Å². The van der Waals surface area contributed by atoms with Gasteiger partial charge in [-0.3, -0.25) is 0 Å². The zero-order valence-corrected chi connectivity index (χ0v) is 17.3. The Morgan fingerprint density at radius 2 is 1.79 bits per heavy atom. The fourth-order valence-electron chi connectivity index (χ4n) is 2.61. The highest BCUT2D eigenvalue weighted by molar-refractivity contribution is 6.18. The summed E-state index contributed by atoms with van der Waals surface area (Å²) in [7, 11) is 0. The van der Waals surface area contributed by atoms with E-state index in [9.17, 15) is 9.90 Å². The van der Waals surface area contributed by atoms with Crippen molar-refractivity contribution in [2.75, 3.05) is 5.88 Å². The van der Waals surface area contributed by atoms with E-state index in [1.165, 1.54) is 0 Å². The Bertz CT molecular complexity index is 746. The third kappa shape index (κ3) is 7.79. The van der Waals surface area contributed by atoms with Crippen molar-refractivity contribution in [1.82, 2.24) is 5.32 Å². The number of benzene rings is 2. The maximum Gasteiger partial charge on any atom is 0.407 e. The van der Waals surface area contributed by atoms with Crippen LogP contribution in [0, 0.1) is 0 Å². The molecule has 5 nitrogen and oxygen atoms in total. The maximum atomic E-state index is 12.1. The molecule has 0 unspecified atom stereocenters. The lowest BCUT2D eigenvalue weighted by Crippen LogP contribution is -2.47. The van der Waals surface area contributed by atoms with Crippen LogP contribution in [0.5, 0.6) is 5.75 Å². The predicted molar refractivity (Wildman–Crippen MR) is 111 cm³/mol. The minimum atomic E-state index is -0.900. The van der Waals surface area contributed by atoms with Crippen LogP contribution in [0.15, 0.2) is 54.6 Å². The second-order valence-corrected chi connectivity index (χ2v) is 7.91. The molecule has 0 heterocycles. The number of alkyl halides is 1. The molecular weight excluding hydrogens is 378 g/mol. The zero-order chi connectivity index (χ0) is 20.6. The lowest BCUT2D eigenvalue weighted by atomic mass is 10.0. The topological polar surface area (TPSA) is 67.8 Å². The summed E-state index contributed by atoms with van der Waals surface area (Å²) in [5.41, 5.74) is 1.37. The van der Waals surface area contributed by atoms with Gasteiger partial charge in [0.05, 0.1) is 18.0 Å². The summed E-state index contributed by atoms with van der Waals surface area (Å²) in [4.78, 5) is 12.1. The zero-order valence-electron chi connectivity index (χ0n) is 16.5. The number of ether oxygens (including phenoxy) is 2. The molecule has 2 aromatic rings. The summed E-state index contributed by atoms with van der Waals surface area (Å²) in [6.07, 6.45) is -1.09. The number of carbonyl (C=O) groups is 1. The highest BCUT2D eigenvalue weighted by atomic mass is 35.5. The standard InChI is InChI=1S/C22H28ClNO4/c1-22(2,3)28-21(26)24-19(20(25)14-23)13-17-10-7-11-18(12-17)27-15-16-8-5-4-6-9-16/h4-12,19-20,25H,13-15H2,1-3H3,(H,24,26)/t19-,20+/m0/s1. The van der Waals surface area contributed by atoms with Crippen LogP contribution in [-0.4, -0.2) is 34.8 Å². The second kappa shape index (κ2) is 10.3. The maximum absolute atomic E-state index is 12.1. The van der Waals surface area contributed by atoms with E-state index in [0.29, 0.717) is 13.0 Å². The first kappa shape index (κ1) is 22.1. The quantitative estimate of drug-likeness (QED) is 0.642. The normalized spacial score (nSPS) is 13.5. The highest BCUT2D eigenvalue weighted by Gasteiger charge is 2.24. The first-order valence-corrected chi connectivity index (χ1v) is 9.79. The summed E-state index contributed by atoms with van der Waals surface area (Å²) < 4.78 is 11.1. The van der Waals surface area contributed by atoms with Crippen molar-refractivity contribution in [2.24, 2.45) is 0 Å². The summed E-state index contributed by atoms with van der Waals surface area (Å²) in [5.74, 6) is 0.725. The van der Waals surface area contributed by atoms with Crippen molar-refractivity contribution < 1.29 is 19.4 Å². The first-order valence-electron chi connectivity index (χ1n) is 9.26.